The zero-order chi connectivity index (χ0) is 18.2. The van der Waals surface area contributed by atoms with Gasteiger partial charge in [-0.2, -0.15) is 0 Å². The zero-order valence-electron chi connectivity index (χ0n) is 14.7. The van der Waals surface area contributed by atoms with Gasteiger partial charge in [-0.15, -0.1) is 0 Å². The molecule has 1 unspecified atom stereocenters. The Bertz CT molecular complexity index is 689. The van der Waals surface area contributed by atoms with Crippen LogP contribution in [0.4, 0.5) is 0 Å². The molecule has 0 radical (unpaired) electrons. The minimum Gasteiger partial charge on any atom is -0.508 e. The fraction of sp³-hybridized carbons (Fsp3) is 0.350. The molecular formula is C20H25BrN2O2. The van der Waals surface area contributed by atoms with Crippen LogP contribution in [0.1, 0.15) is 29.9 Å². The molecule has 2 aromatic carbocycles. The lowest BCUT2D eigenvalue weighted by Gasteiger charge is -2.19. The van der Waals surface area contributed by atoms with E-state index in [1.807, 2.05) is 50.5 Å². The third-order valence-electron chi connectivity index (χ3n) is 4.06. The van der Waals surface area contributed by atoms with Crippen molar-refractivity contribution in [3.8, 4) is 5.75 Å². The number of hydrogen-bond acceptors (Lipinski definition) is 3. The number of amides is 1. The number of nitrogens with zero attached hydrogens (tertiary/aromatic N) is 1. The minimum atomic E-state index is -0.187. The number of benzene rings is 2. The van der Waals surface area contributed by atoms with Gasteiger partial charge in [0.25, 0.3) is 0 Å². The van der Waals surface area contributed by atoms with Crippen molar-refractivity contribution >= 4 is 21.8 Å². The van der Waals surface area contributed by atoms with Gasteiger partial charge >= 0.3 is 0 Å². The zero-order valence-corrected chi connectivity index (χ0v) is 16.3. The average molecular weight is 405 g/mol. The Morgan fingerprint density at radius 3 is 2.60 bits per heavy atom. The highest BCUT2D eigenvalue weighted by Gasteiger charge is 2.21. The number of halogens is 1. The number of hydrogen-bond donors (Lipinski definition) is 2. The third kappa shape index (κ3) is 6.18. The number of aromatic hydroxyl groups is 1. The van der Waals surface area contributed by atoms with Crippen molar-refractivity contribution in [1.29, 1.82) is 0 Å². The predicted octanol–water partition coefficient (Wildman–Crippen LogP) is 3.74. The largest absolute Gasteiger partial charge is 0.508 e. The Labute approximate surface area is 158 Å². The van der Waals surface area contributed by atoms with Crippen molar-refractivity contribution in [3.63, 3.8) is 0 Å². The average Bonchev–Trinajstić information content (AvgIpc) is 2.59. The first-order chi connectivity index (χ1) is 12.0. The van der Waals surface area contributed by atoms with Crippen LogP contribution in [0.25, 0.3) is 0 Å². The van der Waals surface area contributed by atoms with Gasteiger partial charge in [0.2, 0.25) is 5.91 Å². The molecule has 0 heterocycles. The number of nitrogens with one attached hydrogen (secondary N) is 1. The van der Waals surface area contributed by atoms with Crippen LogP contribution >= 0.6 is 15.9 Å². The first kappa shape index (κ1) is 19.5. The molecular weight excluding hydrogens is 380 g/mol. The molecule has 0 spiro atoms. The molecule has 25 heavy (non-hydrogen) atoms. The van der Waals surface area contributed by atoms with Gasteiger partial charge < -0.3 is 15.3 Å². The number of phenols is 1. The minimum absolute atomic E-state index is 0.00742. The van der Waals surface area contributed by atoms with Crippen LogP contribution in [0.5, 0.6) is 5.75 Å². The number of carbonyl (C=O) groups is 1. The van der Waals surface area contributed by atoms with E-state index in [0.29, 0.717) is 13.0 Å². The number of carbonyl (C=O) groups excluding carboxylic acids is 1. The van der Waals surface area contributed by atoms with Crippen LogP contribution in [0.15, 0.2) is 53.0 Å². The standard InChI is InChI=1S/C20H25BrN2O2/c1-23(2)12-6-11-22-20(25)14-17(15-7-4-3-5-8-15)18-13-16(21)9-10-19(18)24/h3-5,7-10,13,17,24H,6,11-12,14H2,1-2H3,(H,22,25). The van der Waals surface area contributed by atoms with Crippen molar-refractivity contribution in [2.45, 2.75) is 18.8 Å². The highest BCUT2D eigenvalue weighted by Crippen LogP contribution is 2.35. The molecule has 1 atom stereocenters. The van der Waals surface area contributed by atoms with Crippen LogP contribution in [-0.2, 0) is 4.79 Å². The first-order valence-electron chi connectivity index (χ1n) is 8.42. The van der Waals surface area contributed by atoms with Crippen LogP contribution in [0.2, 0.25) is 0 Å². The van der Waals surface area contributed by atoms with E-state index < -0.39 is 0 Å². The molecule has 0 aliphatic heterocycles. The maximum absolute atomic E-state index is 12.4. The van der Waals surface area contributed by atoms with Crippen molar-refractivity contribution in [2.75, 3.05) is 27.2 Å². The number of rotatable bonds is 8. The molecule has 5 heteroatoms. The van der Waals surface area contributed by atoms with E-state index in [4.69, 9.17) is 0 Å². The second kappa shape index (κ2) is 9.59. The van der Waals surface area contributed by atoms with E-state index in [-0.39, 0.29) is 17.6 Å². The molecule has 0 saturated heterocycles. The summed E-state index contributed by atoms with van der Waals surface area (Å²) in [5.41, 5.74) is 1.77. The van der Waals surface area contributed by atoms with E-state index in [0.717, 1.165) is 28.6 Å². The molecule has 0 aliphatic rings. The van der Waals surface area contributed by atoms with Crippen LogP contribution < -0.4 is 5.32 Å². The lowest BCUT2D eigenvalue weighted by molar-refractivity contribution is -0.121. The number of phenolic OH excluding ortho intramolecular Hbond substituents is 1. The molecule has 4 nitrogen and oxygen atoms in total. The van der Waals surface area contributed by atoms with Crippen LogP contribution in [0.3, 0.4) is 0 Å². The van der Waals surface area contributed by atoms with Crippen LogP contribution in [0, 0.1) is 0 Å². The molecule has 0 aliphatic carbocycles. The fourth-order valence-corrected chi connectivity index (χ4v) is 3.16. The van der Waals surface area contributed by atoms with Crippen molar-refractivity contribution in [3.05, 3.63) is 64.1 Å². The van der Waals surface area contributed by atoms with Gasteiger partial charge in [-0.25, -0.2) is 0 Å². The van der Waals surface area contributed by atoms with E-state index in [1.54, 1.807) is 12.1 Å². The molecule has 0 saturated carbocycles. The summed E-state index contributed by atoms with van der Waals surface area (Å²) in [5, 5.41) is 13.3. The summed E-state index contributed by atoms with van der Waals surface area (Å²) in [7, 11) is 4.03. The SMILES string of the molecule is CN(C)CCCNC(=O)CC(c1ccccc1)c1cc(Br)ccc1O. The maximum Gasteiger partial charge on any atom is 0.220 e. The summed E-state index contributed by atoms with van der Waals surface area (Å²) in [6.45, 7) is 1.60. The Balaban J connectivity index is 2.13. The molecule has 2 aromatic rings. The Kier molecular flexibility index (Phi) is 7.47. The predicted molar refractivity (Wildman–Crippen MR) is 105 cm³/mol. The van der Waals surface area contributed by atoms with Gasteiger partial charge in [-0.1, -0.05) is 46.3 Å². The van der Waals surface area contributed by atoms with Crippen molar-refractivity contribution in [2.24, 2.45) is 0 Å². The lowest BCUT2D eigenvalue weighted by Crippen LogP contribution is -2.28. The van der Waals surface area contributed by atoms with Gasteiger partial charge in [-0.3, -0.25) is 4.79 Å². The Morgan fingerprint density at radius 1 is 1.20 bits per heavy atom. The first-order valence-corrected chi connectivity index (χ1v) is 9.21. The summed E-state index contributed by atoms with van der Waals surface area (Å²) < 4.78 is 0.882. The van der Waals surface area contributed by atoms with Gasteiger partial charge in [0.05, 0.1) is 0 Å². The van der Waals surface area contributed by atoms with E-state index in [1.165, 1.54) is 0 Å². The maximum atomic E-state index is 12.4. The highest BCUT2D eigenvalue weighted by molar-refractivity contribution is 9.10. The third-order valence-corrected chi connectivity index (χ3v) is 4.55. The van der Waals surface area contributed by atoms with Crippen molar-refractivity contribution in [1.82, 2.24) is 10.2 Å². The normalized spacial score (nSPS) is 12.2. The topological polar surface area (TPSA) is 52.6 Å². The fourth-order valence-electron chi connectivity index (χ4n) is 2.78. The summed E-state index contributed by atoms with van der Waals surface area (Å²) in [5.74, 6) is 0.0111. The van der Waals surface area contributed by atoms with Crippen molar-refractivity contribution < 1.29 is 9.90 Å². The Hall–Kier alpha value is -1.85. The van der Waals surface area contributed by atoms with Gasteiger partial charge in [0.1, 0.15) is 5.75 Å². The molecule has 2 N–H and O–H groups in total. The summed E-state index contributed by atoms with van der Waals surface area (Å²) in [4.78, 5) is 14.5. The van der Waals surface area contributed by atoms with E-state index in [9.17, 15) is 9.90 Å². The summed E-state index contributed by atoms with van der Waals surface area (Å²) >= 11 is 3.45. The van der Waals surface area contributed by atoms with E-state index >= 15 is 0 Å². The lowest BCUT2D eigenvalue weighted by atomic mass is 9.87. The van der Waals surface area contributed by atoms with Gasteiger partial charge in [-0.05, 0) is 50.8 Å². The molecule has 134 valence electrons. The molecule has 0 bridgehead atoms. The molecule has 2 rings (SSSR count). The molecule has 0 aromatic heterocycles. The monoisotopic (exact) mass is 404 g/mol. The molecule has 0 fully saturated rings. The van der Waals surface area contributed by atoms with E-state index in [2.05, 4.69) is 26.1 Å². The summed E-state index contributed by atoms with van der Waals surface area (Å²) in [6.07, 6.45) is 1.22. The molecule has 1 amide bonds. The summed E-state index contributed by atoms with van der Waals surface area (Å²) in [6, 6.07) is 15.2. The second-order valence-corrected chi connectivity index (χ2v) is 7.29. The Morgan fingerprint density at radius 2 is 1.92 bits per heavy atom. The highest BCUT2D eigenvalue weighted by atomic mass is 79.9. The quantitative estimate of drug-likeness (QED) is 0.658. The van der Waals surface area contributed by atoms with Gasteiger partial charge in [0.15, 0.2) is 0 Å². The van der Waals surface area contributed by atoms with Crippen LogP contribution in [-0.4, -0.2) is 43.1 Å². The second-order valence-electron chi connectivity index (χ2n) is 6.38. The van der Waals surface area contributed by atoms with Gasteiger partial charge in [0, 0.05) is 28.9 Å². The smallest absolute Gasteiger partial charge is 0.220 e.